The maximum absolute atomic E-state index is 5.71. The normalized spacial score (nSPS) is 26.8. The molecule has 2 N–H and O–H groups in total. The van der Waals surface area contributed by atoms with Gasteiger partial charge in [0.15, 0.2) is 0 Å². The molecule has 0 aliphatic heterocycles. The number of rotatable bonds is 2. The molecule has 0 unspecified atom stereocenters. The molecule has 2 atom stereocenters. The standard InChI is InChI=1S/C9H12N2O/c1-12-9-4-2-3-8(11-9)6-5-7(6)10/h2-4,6-7H,5,10H2,1H3/t6-,7-/m1/s1. The number of ether oxygens (including phenoxy) is 1. The van der Waals surface area contributed by atoms with Crippen molar-refractivity contribution in [1.82, 2.24) is 4.98 Å². The summed E-state index contributed by atoms with van der Waals surface area (Å²) in [4.78, 5) is 4.30. The summed E-state index contributed by atoms with van der Waals surface area (Å²) in [6, 6.07) is 6.11. The molecule has 1 aromatic heterocycles. The molecule has 3 nitrogen and oxygen atoms in total. The minimum Gasteiger partial charge on any atom is -0.481 e. The van der Waals surface area contributed by atoms with Crippen molar-refractivity contribution in [1.29, 1.82) is 0 Å². The minimum absolute atomic E-state index is 0.310. The average Bonchev–Trinajstić information content (AvgIpc) is 2.83. The summed E-state index contributed by atoms with van der Waals surface area (Å²) in [5.74, 6) is 1.13. The van der Waals surface area contributed by atoms with Gasteiger partial charge in [0.2, 0.25) is 5.88 Å². The van der Waals surface area contributed by atoms with Gasteiger partial charge in [0.1, 0.15) is 0 Å². The molecule has 1 fully saturated rings. The molecular weight excluding hydrogens is 152 g/mol. The van der Waals surface area contributed by atoms with Crippen LogP contribution in [0.1, 0.15) is 18.0 Å². The lowest BCUT2D eigenvalue weighted by Crippen LogP contribution is -2.02. The van der Waals surface area contributed by atoms with E-state index in [0.29, 0.717) is 17.8 Å². The molecule has 12 heavy (non-hydrogen) atoms. The Morgan fingerprint density at radius 3 is 2.92 bits per heavy atom. The van der Waals surface area contributed by atoms with Crippen molar-refractivity contribution in [2.45, 2.75) is 18.4 Å². The van der Waals surface area contributed by atoms with Gasteiger partial charge in [0, 0.05) is 23.7 Å². The van der Waals surface area contributed by atoms with E-state index in [1.165, 1.54) is 0 Å². The highest BCUT2D eigenvalue weighted by molar-refractivity contribution is 5.24. The smallest absolute Gasteiger partial charge is 0.213 e. The zero-order valence-electron chi connectivity index (χ0n) is 7.03. The Morgan fingerprint density at radius 2 is 2.33 bits per heavy atom. The predicted octanol–water partition coefficient (Wildman–Crippen LogP) is 0.905. The summed E-state index contributed by atoms with van der Waals surface area (Å²) >= 11 is 0. The molecule has 2 rings (SSSR count). The maximum atomic E-state index is 5.71. The first-order chi connectivity index (χ1) is 5.81. The SMILES string of the molecule is COc1cccc([C@@H]2C[C@H]2N)n1. The summed E-state index contributed by atoms with van der Waals surface area (Å²) in [5.41, 5.74) is 6.77. The van der Waals surface area contributed by atoms with Crippen LogP contribution in [0, 0.1) is 0 Å². The zero-order chi connectivity index (χ0) is 8.55. The van der Waals surface area contributed by atoms with Crippen LogP contribution in [-0.2, 0) is 0 Å². The molecule has 1 aromatic rings. The first-order valence-electron chi connectivity index (χ1n) is 4.08. The molecule has 1 saturated carbocycles. The van der Waals surface area contributed by atoms with E-state index >= 15 is 0 Å². The van der Waals surface area contributed by atoms with Crippen LogP contribution in [0.5, 0.6) is 5.88 Å². The van der Waals surface area contributed by atoms with Crippen molar-refractivity contribution in [2.75, 3.05) is 7.11 Å². The lowest BCUT2D eigenvalue weighted by molar-refractivity contribution is 0.396. The predicted molar refractivity (Wildman–Crippen MR) is 46.1 cm³/mol. The monoisotopic (exact) mass is 164 g/mol. The van der Waals surface area contributed by atoms with Gasteiger partial charge in [-0.1, -0.05) is 6.07 Å². The van der Waals surface area contributed by atoms with Crippen LogP contribution in [0.25, 0.3) is 0 Å². The van der Waals surface area contributed by atoms with Crippen LogP contribution in [-0.4, -0.2) is 18.1 Å². The Balaban J connectivity index is 2.21. The molecule has 1 aliphatic rings. The van der Waals surface area contributed by atoms with Crippen molar-refractivity contribution in [3.63, 3.8) is 0 Å². The van der Waals surface area contributed by atoms with Crippen molar-refractivity contribution in [3.05, 3.63) is 23.9 Å². The van der Waals surface area contributed by atoms with Gasteiger partial charge < -0.3 is 10.5 Å². The molecule has 1 aliphatic carbocycles. The third-order valence-electron chi connectivity index (χ3n) is 2.17. The van der Waals surface area contributed by atoms with Crippen LogP contribution >= 0.6 is 0 Å². The molecule has 0 amide bonds. The highest BCUT2D eigenvalue weighted by Gasteiger charge is 2.36. The number of nitrogens with two attached hydrogens (primary N) is 1. The third-order valence-corrected chi connectivity index (χ3v) is 2.17. The Kier molecular flexibility index (Phi) is 1.73. The number of hydrogen-bond donors (Lipinski definition) is 1. The van der Waals surface area contributed by atoms with E-state index in [2.05, 4.69) is 4.98 Å². The molecule has 0 aromatic carbocycles. The molecule has 0 radical (unpaired) electrons. The van der Waals surface area contributed by atoms with Crippen LogP contribution < -0.4 is 10.5 Å². The Labute approximate surface area is 71.6 Å². The highest BCUT2D eigenvalue weighted by atomic mass is 16.5. The number of nitrogens with zero attached hydrogens (tertiary/aromatic N) is 1. The summed E-state index contributed by atoms with van der Waals surface area (Å²) in [5, 5.41) is 0. The van der Waals surface area contributed by atoms with Crippen LogP contribution in [0.4, 0.5) is 0 Å². The van der Waals surface area contributed by atoms with Crippen molar-refractivity contribution >= 4 is 0 Å². The molecule has 3 heteroatoms. The van der Waals surface area contributed by atoms with Gasteiger partial charge in [-0.2, -0.15) is 0 Å². The lowest BCUT2D eigenvalue weighted by Gasteiger charge is -2.00. The second kappa shape index (κ2) is 2.75. The van der Waals surface area contributed by atoms with E-state index in [0.717, 1.165) is 12.1 Å². The lowest BCUT2D eigenvalue weighted by atomic mass is 10.2. The first-order valence-corrected chi connectivity index (χ1v) is 4.08. The second-order valence-electron chi connectivity index (χ2n) is 3.11. The molecule has 1 heterocycles. The summed E-state index contributed by atoms with van der Waals surface area (Å²) in [6.07, 6.45) is 1.06. The molecular formula is C9H12N2O. The average molecular weight is 164 g/mol. The van der Waals surface area contributed by atoms with Gasteiger partial charge in [0.05, 0.1) is 7.11 Å². The summed E-state index contributed by atoms with van der Waals surface area (Å²) in [6.45, 7) is 0. The maximum Gasteiger partial charge on any atom is 0.213 e. The van der Waals surface area contributed by atoms with E-state index in [4.69, 9.17) is 10.5 Å². The van der Waals surface area contributed by atoms with E-state index in [1.807, 2.05) is 18.2 Å². The fourth-order valence-electron chi connectivity index (χ4n) is 1.31. The summed E-state index contributed by atoms with van der Waals surface area (Å²) < 4.78 is 5.02. The van der Waals surface area contributed by atoms with Gasteiger partial charge in [0.25, 0.3) is 0 Å². The van der Waals surface area contributed by atoms with Crippen molar-refractivity contribution in [3.8, 4) is 5.88 Å². The van der Waals surface area contributed by atoms with Crippen molar-refractivity contribution in [2.24, 2.45) is 5.73 Å². The molecule has 0 bridgehead atoms. The minimum atomic E-state index is 0.310. The third kappa shape index (κ3) is 1.28. The highest BCUT2D eigenvalue weighted by Crippen LogP contribution is 2.38. The van der Waals surface area contributed by atoms with Crippen molar-refractivity contribution < 1.29 is 4.74 Å². The Bertz CT molecular complexity index is 288. The molecule has 64 valence electrons. The zero-order valence-corrected chi connectivity index (χ0v) is 7.03. The van der Waals surface area contributed by atoms with Gasteiger partial charge >= 0.3 is 0 Å². The second-order valence-corrected chi connectivity index (χ2v) is 3.11. The van der Waals surface area contributed by atoms with E-state index in [-0.39, 0.29) is 0 Å². The van der Waals surface area contributed by atoms with Gasteiger partial charge in [-0.15, -0.1) is 0 Å². The van der Waals surface area contributed by atoms with Crippen LogP contribution in [0.2, 0.25) is 0 Å². The number of pyridine rings is 1. The number of aromatic nitrogens is 1. The van der Waals surface area contributed by atoms with E-state index in [9.17, 15) is 0 Å². The first kappa shape index (κ1) is 7.55. The van der Waals surface area contributed by atoms with Gasteiger partial charge in [-0.05, 0) is 12.5 Å². The number of methoxy groups -OCH3 is 1. The Morgan fingerprint density at radius 1 is 1.58 bits per heavy atom. The Hall–Kier alpha value is -1.09. The fourth-order valence-corrected chi connectivity index (χ4v) is 1.31. The van der Waals surface area contributed by atoms with Crippen LogP contribution in [0.3, 0.4) is 0 Å². The molecule has 0 spiro atoms. The quantitative estimate of drug-likeness (QED) is 0.706. The molecule has 0 saturated heterocycles. The number of hydrogen-bond acceptors (Lipinski definition) is 3. The van der Waals surface area contributed by atoms with E-state index in [1.54, 1.807) is 7.11 Å². The summed E-state index contributed by atoms with van der Waals surface area (Å²) in [7, 11) is 1.62. The largest absolute Gasteiger partial charge is 0.481 e. The van der Waals surface area contributed by atoms with Crippen LogP contribution in [0.15, 0.2) is 18.2 Å². The fraction of sp³-hybridized carbons (Fsp3) is 0.444. The van der Waals surface area contributed by atoms with Gasteiger partial charge in [-0.25, -0.2) is 4.98 Å². The van der Waals surface area contributed by atoms with Gasteiger partial charge in [-0.3, -0.25) is 0 Å². The van der Waals surface area contributed by atoms with E-state index < -0.39 is 0 Å². The topological polar surface area (TPSA) is 48.1 Å².